The molecule has 0 saturated carbocycles. The van der Waals surface area contributed by atoms with Crippen molar-refractivity contribution in [2.45, 2.75) is 19.6 Å². The smallest absolute Gasteiger partial charge is 0.123 e. The van der Waals surface area contributed by atoms with Crippen molar-refractivity contribution in [3.8, 4) is 11.3 Å². The number of aromatic nitrogens is 4. The van der Waals surface area contributed by atoms with Crippen LogP contribution in [0, 0.1) is 5.82 Å². The number of benzene rings is 1. The Labute approximate surface area is 162 Å². The number of hydrogen-bond donors (Lipinski definition) is 1. The lowest BCUT2D eigenvalue weighted by Crippen LogP contribution is -2.22. The van der Waals surface area contributed by atoms with E-state index in [9.17, 15) is 4.39 Å². The van der Waals surface area contributed by atoms with Crippen LogP contribution in [0.5, 0.6) is 0 Å². The summed E-state index contributed by atoms with van der Waals surface area (Å²) in [6, 6.07) is 14.5. The molecule has 140 valence electrons. The Bertz CT molecular complexity index is 959. The minimum absolute atomic E-state index is 0.250. The third-order valence-corrected chi connectivity index (χ3v) is 4.50. The van der Waals surface area contributed by atoms with Crippen molar-refractivity contribution in [3.63, 3.8) is 0 Å². The molecular formula is C22H20FN5. The monoisotopic (exact) mass is 373 g/mol. The molecule has 0 fully saturated rings. The Morgan fingerprint density at radius 2 is 1.43 bits per heavy atom. The molecule has 0 radical (unpaired) electrons. The summed E-state index contributed by atoms with van der Waals surface area (Å²) in [6.07, 6.45) is 9.15. The minimum Gasteiger partial charge on any atom is -0.290 e. The zero-order chi connectivity index (χ0) is 19.2. The van der Waals surface area contributed by atoms with Crippen LogP contribution in [0.4, 0.5) is 4.39 Å². The van der Waals surface area contributed by atoms with Crippen LogP contribution >= 0.6 is 0 Å². The number of halogens is 1. The highest BCUT2D eigenvalue weighted by Gasteiger charge is 2.14. The highest BCUT2D eigenvalue weighted by Crippen LogP contribution is 2.24. The number of aromatic amines is 1. The normalized spacial score (nSPS) is 11.1. The maximum atomic E-state index is 13.3. The summed E-state index contributed by atoms with van der Waals surface area (Å²) in [6.45, 7) is 2.18. The zero-order valence-electron chi connectivity index (χ0n) is 15.3. The predicted octanol–water partition coefficient (Wildman–Crippen LogP) is 4.21. The largest absolute Gasteiger partial charge is 0.290 e. The Morgan fingerprint density at radius 3 is 2.00 bits per heavy atom. The van der Waals surface area contributed by atoms with Gasteiger partial charge in [0, 0.05) is 55.5 Å². The van der Waals surface area contributed by atoms with Crippen LogP contribution in [0.1, 0.15) is 16.7 Å². The van der Waals surface area contributed by atoms with Crippen molar-refractivity contribution in [3.05, 3.63) is 102 Å². The van der Waals surface area contributed by atoms with Crippen LogP contribution in [-0.4, -0.2) is 25.1 Å². The van der Waals surface area contributed by atoms with E-state index in [1.807, 2.05) is 30.7 Å². The quantitative estimate of drug-likeness (QED) is 0.527. The van der Waals surface area contributed by atoms with Gasteiger partial charge in [-0.05, 0) is 47.5 Å². The molecule has 4 rings (SSSR count). The van der Waals surface area contributed by atoms with Crippen LogP contribution in [0.15, 0.2) is 79.5 Å². The molecule has 1 aromatic carbocycles. The average Bonchev–Trinajstić information content (AvgIpc) is 3.18. The summed E-state index contributed by atoms with van der Waals surface area (Å²) >= 11 is 0. The van der Waals surface area contributed by atoms with E-state index in [0.29, 0.717) is 6.54 Å². The number of rotatable bonds is 7. The first-order valence-electron chi connectivity index (χ1n) is 9.06. The lowest BCUT2D eigenvalue weighted by Gasteiger charge is -2.22. The molecule has 1 N–H and O–H groups in total. The fraction of sp³-hybridized carbons (Fsp3) is 0.136. The highest BCUT2D eigenvalue weighted by atomic mass is 19.1. The van der Waals surface area contributed by atoms with Gasteiger partial charge >= 0.3 is 0 Å². The summed E-state index contributed by atoms with van der Waals surface area (Å²) in [5.41, 5.74) is 5.15. The average molecular weight is 373 g/mol. The van der Waals surface area contributed by atoms with E-state index < -0.39 is 0 Å². The molecule has 0 unspecified atom stereocenters. The second kappa shape index (κ2) is 8.54. The highest BCUT2D eigenvalue weighted by molar-refractivity contribution is 5.62. The van der Waals surface area contributed by atoms with Gasteiger partial charge in [0.15, 0.2) is 0 Å². The first-order chi connectivity index (χ1) is 13.8. The molecule has 4 aromatic rings. The molecule has 6 heteroatoms. The van der Waals surface area contributed by atoms with E-state index in [4.69, 9.17) is 0 Å². The maximum absolute atomic E-state index is 13.3. The minimum atomic E-state index is -0.250. The summed E-state index contributed by atoms with van der Waals surface area (Å²) in [4.78, 5) is 10.8. The van der Waals surface area contributed by atoms with E-state index in [0.717, 1.165) is 41.0 Å². The van der Waals surface area contributed by atoms with Crippen LogP contribution in [-0.2, 0) is 19.6 Å². The Kier molecular flexibility index (Phi) is 5.49. The third-order valence-electron chi connectivity index (χ3n) is 4.50. The van der Waals surface area contributed by atoms with Crippen molar-refractivity contribution >= 4 is 0 Å². The van der Waals surface area contributed by atoms with Crippen LogP contribution in [0.25, 0.3) is 11.3 Å². The van der Waals surface area contributed by atoms with Crippen molar-refractivity contribution < 1.29 is 4.39 Å². The predicted molar refractivity (Wildman–Crippen MR) is 105 cm³/mol. The number of pyridine rings is 2. The van der Waals surface area contributed by atoms with Crippen molar-refractivity contribution in [2.75, 3.05) is 0 Å². The number of nitrogens with one attached hydrogen (secondary N) is 1. The van der Waals surface area contributed by atoms with Gasteiger partial charge < -0.3 is 0 Å². The lowest BCUT2D eigenvalue weighted by atomic mass is 10.1. The maximum Gasteiger partial charge on any atom is 0.123 e. The van der Waals surface area contributed by atoms with Crippen molar-refractivity contribution in [1.82, 2.24) is 25.1 Å². The molecule has 5 nitrogen and oxygen atoms in total. The molecule has 28 heavy (non-hydrogen) atoms. The standard InChI is InChI=1S/C22H20FN5/c23-21-7-5-19(6-8-21)22-20(13-26-27-22)16-28(14-17-3-1-9-24-11-17)15-18-4-2-10-25-12-18/h1-13H,14-16H2,(H,26,27). The molecule has 0 bridgehead atoms. The lowest BCUT2D eigenvalue weighted by molar-refractivity contribution is 0.247. The van der Waals surface area contributed by atoms with E-state index in [1.54, 1.807) is 24.5 Å². The SMILES string of the molecule is Fc1ccc(-c2[nH]ncc2CN(Cc2cccnc2)Cc2cccnc2)cc1. The third kappa shape index (κ3) is 4.47. The Morgan fingerprint density at radius 1 is 0.786 bits per heavy atom. The summed E-state index contributed by atoms with van der Waals surface area (Å²) in [5, 5.41) is 7.27. The first kappa shape index (κ1) is 18.0. The molecule has 3 heterocycles. The van der Waals surface area contributed by atoms with E-state index in [-0.39, 0.29) is 5.82 Å². The fourth-order valence-corrected chi connectivity index (χ4v) is 3.21. The van der Waals surface area contributed by atoms with E-state index in [1.165, 1.54) is 12.1 Å². The molecule has 0 spiro atoms. The summed E-state index contributed by atoms with van der Waals surface area (Å²) < 4.78 is 13.3. The van der Waals surface area contributed by atoms with Gasteiger partial charge in [-0.3, -0.25) is 20.0 Å². The van der Waals surface area contributed by atoms with Gasteiger partial charge in [-0.25, -0.2) is 4.39 Å². The van der Waals surface area contributed by atoms with Crippen LogP contribution < -0.4 is 0 Å². The molecular weight excluding hydrogens is 353 g/mol. The number of nitrogens with zero attached hydrogens (tertiary/aromatic N) is 4. The fourth-order valence-electron chi connectivity index (χ4n) is 3.21. The Balaban J connectivity index is 1.59. The van der Waals surface area contributed by atoms with Gasteiger partial charge in [0.2, 0.25) is 0 Å². The molecule has 0 aliphatic rings. The van der Waals surface area contributed by atoms with E-state index in [2.05, 4.69) is 37.2 Å². The molecule has 0 aliphatic carbocycles. The number of hydrogen-bond acceptors (Lipinski definition) is 4. The molecule has 3 aromatic heterocycles. The zero-order valence-corrected chi connectivity index (χ0v) is 15.3. The number of H-pyrrole nitrogens is 1. The van der Waals surface area contributed by atoms with E-state index >= 15 is 0 Å². The molecule has 0 saturated heterocycles. The van der Waals surface area contributed by atoms with Gasteiger partial charge in [-0.15, -0.1) is 0 Å². The van der Waals surface area contributed by atoms with Gasteiger partial charge in [-0.2, -0.15) is 5.10 Å². The summed E-state index contributed by atoms with van der Waals surface area (Å²) in [7, 11) is 0. The molecule has 0 aliphatic heterocycles. The van der Waals surface area contributed by atoms with Crippen LogP contribution in [0.2, 0.25) is 0 Å². The Hall–Kier alpha value is -3.38. The second-order valence-electron chi connectivity index (χ2n) is 6.64. The topological polar surface area (TPSA) is 57.7 Å². The first-order valence-corrected chi connectivity index (χ1v) is 9.06. The van der Waals surface area contributed by atoms with Gasteiger partial charge in [0.05, 0.1) is 11.9 Å². The second-order valence-corrected chi connectivity index (χ2v) is 6.64. The molecule has 0 atom stereocenters. The van der Waals surface area contributed by atoms with Crippen molar-refractivity contribution in [2.24, 2.45) is 0 Å². The van der Waals surface area contributed by atoms with Crippen LogP contribution in [0.3, 0.4) is 0 Å². The van der Waals surface area contributed by atoms with Gasteiger partial charge in [0.25, 0.3) is 0 Å². The summed E-state index contributed by atoms with van der Waals surface area (Å²) in [5.74, 6) is -0.250. The molecule has 0 amide bonds. The van der Waals surface area contributed by atoms with Crippen molar-refractivity contribution in [1.29, 1.82) is 0 Å². The van der Waals surface area contributed by atoms with Gasteiger partial charge in [-0.1, -0.05) is 12.1 Å². The van der Waals surface area contributed by atoms with Gasteiger partial charge in [0.1, 0.15) is 5.82 Å².